The van der Waals surface area contributed by atoms with E-state index >= 15 is 0 Å². The maximum absolute atomic E-state index is 11.9. The van der Waals surface area contributed by atoms with E-state index in [1.54, 1.807) is 11.8 Å². The Balaban J connectivity index is 1.52. The highest BCUT2D eigenvalue weighted by Crippen LogP contribution is 2.37. The Morgan fingerprint density at radius 2 is 2.33 bits per heavy atom. The lowest BCUT2D eigenvalue weighted by Gasteiger charge is -2.18. The maximum Gasteiger partial charge on any atom is 0.238 e. The third-order valence-corrected chi connectivity index (χ3v) is 4.94. The number of thioether (sulfide) groups is 1. The molecule has 100 valence electrons. The van der Waals surface area contributed by atoms with Gasteiger partial charge in [-0.25, -0.2) is 0 Å². The molecule has 2 saturated heterocycles. The largest absolute Gasteiger partial charge is 0.350 e. The normalized spacial score (nSPS) is 39.2. The molecule has 3 aliphatic rings. The minimum atomic E-state index is -0.0843. The standard InChI is InChI=1S/C12H19N3O2S/c1-7-2-10(7)15-4-8(3-11(15)16)14-12(17)9-5-18-6-13-9/h7-10,13H,2-6H2,1H3,(H,14,17)/t7-,8+,9-,10-/m1/s1. The number of amides is 2. The first kappa shape index (κ1) is 12.3. The first-order chi connectivity index (χ1) is 8.65. The van der Waals surface area contributed by atoms with Gasteiger partial charge in [-0.3, -0.25) is 14.9 Å². The van der Waals surface area contributed by atoms with Gasteiger partial charge in [0.1, 0.15) is 0 Å². The Morgan fingerprint density at radius 3 is 2.94 bits per heavy atom. The predicted molar refractivity (Wildman–Crippen MR) is 70.1 cm³/mol. The van der Waals surface area contributed by atoms with Crippen molar-refractivity contribution in [3.05, 3.63) is 0 Å². The monoisotopic (exact) mass is 269 g/mol. The summed E-state index contributed by atoms with van der Waals surface area (Å²) in [6, 6.07) is 0.351. The van der Waals surface area contributed by atoms with Crippen LogP contribution in [0.25, 0.3) is 0 Å². The van der Waals surface area contributed by atoms with Crippen molar-refractivity contribution in [2.75, 3.05) is 18.2 Å². The van der Waals surface area contributed by atoms with Crippen LogP contribution in [0, 0.1) is 5.92 Å². The SMILES string of the molecule is C[C@@H]1C[C@H]1N1C[C@@H](NC(=O)[C@H]2CSCN2)CC1=O. The van der Waals surface area contributed by atoms with Crippen LogP contribution in [0.2, 0.25) is 0 Å². The van der Waals surface area contributed by atoms with Crippen molar-refractivity contribution in [2.45, 2.75) is 37.9 Å². The quantitative estimate of drug-likeness (QED) is 0.743. The van der Waals surface area contributed by atoms with E-state index in [0.717, 1.165) is 18.1 Å². The van der Waals surface area contributed by atoms with E-state index in [-0.39, 0.29) is 23.9 Å². The van der Waals surface area contributed by atoms with Gasteiger partial charge < -0.3 is 10.2 Å². The summed E-state index contributed by atoms with van der Waals surface area (Å²) in [5.74, 6) is 2.55. The number of hydrogen-bond donors (Lipinski definition) is 2. The van der Waals surface area contributed by atoms with Gasteiger partial charge in [0.25, 0.3) is 0 Å². The zero-order chi connectivity index (χ0) is 12.7. The van der Waals surface area contributed by atoms with E-state index in [9.17, 15) is 9.59 Å². The number of nitrogens with one attached hydrogen (secondary N) is 2. The van der Waals surface area contributed by atoms with Crippen molar-refractivity contribution in [1.82, 2.24) is 15.5 Å². The van der Waals surface area contributed by atoms with Crippen LogP contribution >= 0.6 is 11.8 Å². The Bertz CT molecular complexity index is 370. The number of carbonyl (C=O) groups excluding carboxylic acids is 2. The highest BCUT2D eigenvalue weighted by atomic mass is 32.2. The number of likely N-dealkylation sites (tertiary alicyclic amines) is 1. The highest BCUT2D eigenvalue weighted by molar-refractivity contribution is 7.99. The highest BCUT2D eigenvalue weighted by Gasteiger charge is 2.45. The van der Waals surface area contributed by atoms with Gasteiger partial charge in [-0.05, 0) is 12.3 Å². The van der Waals surface area contributed by atoms with Gasteiger partial charge in [0, 0.05) is 30.6 Å². The van der Waals surface area contributed by atoms with E-state index in [4.69, 9.17) is 0 Å². The summed E-state index contributed by atoms with van der Waals surface area (Å²) in [5.41, 5.74) is 0. The zero-order valence-corrected chi connectivity index (χ0v) is 11.3. The van der Waals surface area contributed by atoms with Crippen LogP contribution in [0.4, 0.5) is 0 Å². The van der Waals surface area contributed by atoms with Crippen molar-refractivity contribution in [1.29, 1.82) is 0 Å². The molecule has 2 heterocycles. The van der Waals surface area contributed by atoms with Crippen molar-refractivity contribution in [3.8, 4) is 0 Å². The molecule has 2 aliphatic heterocycles. The molecule has 18 heavy (non-hydrogen) atoms. The molecule has 5 nitrogen and oxygen atoms in total. The average Bonchev–Trinajstić information content (AvgIpc) is 2.80. The van der Waals surface area contributed by atoms with Gasteiger partial charge in [-0.2, -0.15) is 0 Å². The van der Waals surface area contributed by atoms with Gasteiger partial charge in [0.15, 0.2) is 0 Å². The summed E-state index contributed by atoms with van der Waals surface area (Å²) in [5, 5.41) is 6.15. The fourth-order valence-electron chi connectivity index (χ4n) is 2.75. The minimum Gasteiger partial charge on any atom is -0.350 e. The fourth-order valence-corrected chi connectivity index (χ4v) is 3.69. The van der Waals surface area contributed by atoms with Crippen LogP contribution in [-0.4, -0.2) is 53.0 Å². The van der Waals surface area contributed by atoms with Crippen molar-refractivity contribution in [2.24, 2.45) is 5.92 Å². The van der Waals surface area contributed by atoms with Crippen molar-refractivity contribution >= 4 is 23.6 Å². The molecule has 0 unspecified atom stereocenters. The van der Waals surface area contributed by atoms with Gasteiger partial charge in [-0.1, -0.05) is 6.92 Å². The smallest absolute Gasteiger partial charge is 0.238 e. The molecule has 0 bridgehead atoms. The summed E-state index contributed by atoms with van der Waals surface area (Å²) in [6.45, 7) is 2.86. The van der Waals surface area contributed by atoms with Crippen LogP contribution in [0.15, 0.2) is 0 Å². The molecule has 2 N–H and O–H groups in total. The van der Waals surface area contributed by atoms with Gasteiger partial charge in [0.2, 0.25) is 11.8 Å². The van der Waals surface area contributed by atoms with Crippen LogP contribution in [0.1, 0.15) is 19.8 Å². The Kier molecular flexibility index (Phi) is 3.23. The molecule has 0 aromatic carbocycles. The second kappa shape index (κ2) is 4.74. The minimum absolute atomic E-state index is 0.00481. The van der Waals surface area contributed by atoms with E-state index in [0.29, 0.717) is 24.9 Å². The fraction of sp³-hybridized carbons (Fsp3) is 0.833. The molecule has 6 heteroatoms. The van der Waals surface area contributed by atoms with E-state index in [1.807, 2.05) is 4.90 Å². The third kappa shape index (κ3) is 2.36. The molecule has 4 atom stereocenters. The number of nitrogens with zero attached hydrogens (tertiary/aromatic N) is 1. The van der Waals surface area contributed by atoms with E-state index in [1.165, 1.54) is 0 Å². The van der Waals surface area contributed by atoms with Crippen LogP contribution in [-0.2, 0) is 9.59 Å². The topological polar surface area (TPSA) is 61.4 Å². The summed E-state index contributed by atoms with van der Waals surface area (Å²) >= 11 is 1.74. The number of carbonyl (C=O) groups is 2. The van der Waals surface area contributed by atoms with Crippen LogP contribution < -0.4 is 10.6 Å². The molecule has 1 aliphatic carbocycles. The second-order valence-electron chi connectivity index (χ2n) is 5.51. The lowest BCUT2D eigenvalue weighted by atomic mass is 10.2. The summed E-state index contributed by atoms with van der Waals surface area (Å²) in [4.78, 5) is 25.8. The number of hydrogen-bond acceptors (Lipinski definition) is 4. The molecule has 0 radical (unpaired) electrons. The third-order valence-electron chi connectivity index (χ3n) is 4.00. The first-order valence-electron chi connectivity index (χ1n) is 6.56. The zero-order valence-electron chi connectivity index (χ0n) is 10.5. The molecule has 0 aromatic heterocycles. The lowest BCUT2D eigenvalue weighted by molar-refractivity contribution is -0.128. The number of rotatable bonds is 3. The molecular weight excluding hydrogens is 250 g/mol. The van der Waals surface area contributed by atoms with Crippen molar-refractivity contribution < 1.29 is 9.59 Å². The Hall–Kier alpha value is -0.750. The molecular formula is C12H19N3O2S. The molecule has 0 spiro atoms. The van der Waals surface area contributed by atoms with E-state index < -0.39 is 0 Å². The van der Waals surface area contributed by atoms with Crippen LogP contribution in [0.3, 0.4) is 0 Å². The lowest BCUT2D eigenvalue weighted by Crippen LogP contribution is -2.47. The van der Waals surface area contributed by atoms with Gasteiger partial charge in [-0.15, -0.1) is 11.8 Å². The summed E-state index contributed by atoms with van der Waals surface area (Å²) in [7, 11) is 0. The summed E-state index contributed by atoms with van der Waals surface area (Å²) < 4.78 is 0. The van der Waals surface area contributed by atoms with Gasteiger partial charge >= 0.3 is 0 Å². The molecule has 0 aromatic rings. The van der Waals surface area contributed by atoms with Crippen molar-refractivity contribution in [3.63, 3.8) is 0 Å². The predicted octanol–water partition coefficient (Wildman–Crippen LogP) is -0.226. The average molecular weight is 269 g/mol. The molecule has 1 saturated carbocycles. The molecule has 2 amide bonds. The van der Waals surface area contributed by atoms with E-state index in [2.05, 4.69) is 17.6 Å². The van der Waals surface area contributed by atoms with Crippen LogP contribution in [0.5, 0.6) is 0 Å². The maximum atomic E-state index is 11.9. The Morgan fingerprint density at radius 1 is 1.56 bits per heavy atom. The Labute approximate surface area is 111 Å². The van der Waals surface area contributed by atoms with Gasteiger partial charge in [0.05, 0.1) is 12.1 Å². The first-order valence-corrected chi connectivity index (χ1v) is 7.71. The summed E-state index contributed by atoms with van der Waals surface area (Å²) in [6.07, 6.45) is 1.59. The molecule has 3 rings (SSSR count). The second-order valence-corrected chi connectivity index (χ2v) is 6.54. The molecule has 3 fully saturated rings.